The standard InChI is InChI=1S/C8H18N4O2S/c1-8(2,3)4-7-15(13,14)11-6-5-10-12-9/h11H,4-7H2,1-3H3. The molecular weight excluding hydrogens is 216 g/mol. The largest absolute Gasteiger partial charge is 0.215 e. The fourth-order valence-corrected chi connectivity index (χ4v) is 2.24. The van der Waals surface area contributed by atoms with Crippen LogP contribution in [0.5, 0.6) is 0 Å². The molecule has 0 aliphatic rings. The molecule has 1 N–H and O–H groups in total. The summed E-state index contributed by atoms with van der Waals surface area (Å²) in [6.45, 7) is 6.27. The molecule has 0 saturated carbocycles. The fourth-order valence-electron chi connectivity index (χ4n) is 0.809. The van der Waals surface area contributed by atoms with Gasteiger partial charge in [-0.1, -0.05) is 25.9 Å². The summed E-state index contributed by atoms with van der Waals surface area (Å²) < 4.78 is 25.2. The average molecular weight is 234 g/mol. The predicted molar refractivity (Wildman–Crippen MR) is 59.9 cm³/mol. The molecule has 6 nitrogen and oxygen atoms in total. The molecule has 0 aliphatic carbocycles. The minimum absolute atomic E-state index is 0.000440. The number of sulfonamides is 1. The topological polar surface area (TPSA) is 94.9 Å². The summed E-state index contributed by atoms with van der Waals surface area (Å²) in [7, 11) is -3.23. The lowest BCUT2D eigenvalue weighted by molar-refractivity contribution is 0.396. The van der Waals surface area contributed by atoms with Crippen molar-refractivity contribution in [1.82, 2.24) is 4.72 Å². The Bertz CT molecular complexity index is 325. The molecule has 0 aliphatic heterocycles. The lowest BCUT2D eigenvalue weighted by atomic mass is 9.94. The van der Waals surface area contributed by atoms with E-state index in [1.54, 1.807) is 0 Å². The Kier molecular flexibility index (Phi) is 5.64. The Hall–Kier alpha value is -0.780. The van der Waals surface area contributed by atoms with Crippen molar-refractivity contribution >= 4 is 10.0 Å². The lowest BCUT2D eigenvalue weighted by Gasteiger charge is -2.17. The lowest BCUT2D eigenvalue weighted by Crippen LogP contribution is -2.30. The third-order valence-electron chi connectivity index (χ3n) is 1.72. The van der Waals surface area contributed by atoms with Gasteiger partial charge in [-0.2, -0.15) is 0 Å². The highest BCUT2D eigenvalue weighted by Gasteiger charge is 2.16. The Labute approximate surface area is 90.7 Å². The van der Waals surface area contributed by atoms with Crippen LogP contribution in [0.15, 0.2) is 5.11 Å². The first-order valence-electron chi connectivity index (χ1n) is 4.75. The Morgan fingerprint density at radius 3 is 2.47 bits per heavy atom. The van der Waals surface area contributed by atoms with Crippen LogP contribution in [0.2, 0.25) is 0 Å². The van der Waals surface area contributed by atoms with Crippen LogP contribution in [0, 0.1) is 5.41 Å². The van der Waals surface area contributed by atoms with E-state index in [-0.39, 0.29) is 24.3 Å². The van der Waals surface area contributed by atoms with Crippen molar-refractivity contribution < 1.29 is 8.42 Å². The summed E-state index contributed by atoms with van der Waals surface area (Å²) in [5.41, 5.74) is 7.99. The van der Waals surface area contributed by atoms with Gasteiger partial charge >= 0.3 is 0 Å². The second-order valence-electron chi connectivity index (χ2n) is 4.48. The van der Waals surface area contributed by atoms with Crippen LogP contribution in [0.25, 0.3) is 10.4 Å². The zero-order chi connectivity index (χ0) is 11.9. The summed E-state index contributed by atoms with van der Waals surface area (Å²) in [6.07, 6.45) is 0.601. The minimum Gasteiger partial charge on any atom is -0.215 e. The predicted octanol–water partition coefficient (Wildman–Crippen LogP) is 1.65. The van der Waals surface area contributed by atoms with Gasteiger partial charge in [0.15, 0.2) is 0 Å². The van der Waals surface area contributed by atoms with Crippen molar-refractivity contribution in [2.75, 3.05) is 18.8 Å². The van der Waals surface area contributed by atoms with E-state index in [4.69, 9.17) is 5.53 Å². The Morgan fingerprint density at radius 1 is 1.40 bits per heavy atom. The summed E-state index contributed by atoms with van der Waals surface area (Å²) in [4.78, 5) is 2.53. The van der Waals surface area contributed by atoms with E-state index < -0.39 is 10.0 Å². The van der Waals surface area contributed by atoms with Crippen molar-refractivity contribution in [3.05, 3.63) is 10.4 Å². The second kappa shape index (κ2) is 5.95. The van der Waals surface area contributed by atoms with Gasteiger partial charge in [0.2, 0.25) is 10.0 Å². The maximum atomic E-state index is 11.4. The quantitative estimate of drug-likeness (QED) is 0.327. The molecule has 15 heavy (non-hydrogen) atoms. The van der Waals surface area contributed by atoms with Crippen molar-refractivity contribution in [1.29, 1.82) is 0 Å². The highest BCUT2D eigenvalue weighted by molar-refractivity contribution is 7.89. The summed E-state index contributed by atoms with van der Waals surface area (Å²) in [6, 6.07) is 0. The van der Waals surface area contributed by atoms with E-state index in [9.17, 15) is 8.42 Å². The van der Waals surface area contributed by atoms with Gasteiger partial charge in [-0.25, -0.2) is 13.1 Å². The molecule has 0 saturated heterocycles. The molecule has 0 heterocycles. The van der Waals surface area contributed by atoms with E-state index in [1.807, 2.05) is 20.8 Å². The van der Waals surface area contributed by atoms with Crippen LogP contribution in [0.4, 0.5) is 0 Å². The van der Waals surface area contributed by atoms with E-state index in [1.165, 1.54) is 0 Å². The third kappa shape index (κ3) is 9.52. The number of hydrogen-bond acceptors (Lipinski definition) is 3. The van der Waals surface area contributed by atoms with Crippen molar-refractivity contribution in [2.24, 2.45) is 10.5 Å². The molecule has 0 aromatic carbocycles. The Morgan fingerprint density at radius 2 is 2.00 bits per heavy atom. The van der Waals surface area contributed by atoms with Gasteiger partial charge in [0.1, 0.15) is 0 Å². The van der Waals surface area contributed by atoms with Crippen LogP contribution in [0.1, 0.15) is 27.2 Å². The van der Waals surface area contributed by atoms with Crippen LogP contribution < -0.4 is 4.72 Å². The fraction of sp³-hybridized carbons (Fsp3) is 1.00. The normalized spacial score (nSPS) is 12.2. The Balaban J connectivity index is 3.93. The first-order valence-corrected chi connectivity index (χ1v) is 6.40. The zero-order valence-electron chi connectivity index (χ0n) is 9.39. The SMILES string of the molecule is CC(C)(C)CCS(=O)(=O)NCCN=[N+]=[N-]. The smallest absolute Gasteiger partial charge is 0.211 e. The zero-order valence-corrected chi connectivity index (χ0v) is 10.2. The summed E-state index contributed by atoms with van der Waals surface area (Å²) >= 11 is 0. The van der Waals surface area contributed by atoms with Gasteiger partial charge in [-0.05, 0) is 17.4 Å². The number of nitrogens with one attached hydrogen (secondary N) is 1. The molecule has 0 atom stereocenters. The first-order chi connectivity index (χ1) is 6.77. The summed E-state index contributed by atoms with van der Waals surface area (Å²) in [5, 5.41) is 3.24. The van der Waals surface area contributed by atoms with Crippen molar-refractivity contribution in [3.63, 3.8) is 0 Å². The molecule has 0 fully saturated rings. The molecule has 0 rings (SSSR count). The average Bonchev–Trinajstić information content (AvgIpc) is 2.09. The molecule has 0 bridgehead atoms. The van der Waals surface area contributed by atoms with Gasteiger partial charge in [-0.3, -0.25) is 0 Å². The van der Waals surface area contributed by atoms with Crippen molar-refractivity contribution in [3.8, 4) is 0 Å². The van der Waals surface area contributed by atoms with E-state index in [0.29, 0.717) is 6.42 Å². The monoisotopic (exact) mass is 234 g/mol. The highest BCUT2D eigenvalue weighted by atomic mass is 32.2. The summed E-state index contributed by atoms with van der Waals surface area (Å²) in [5.74, 6) is 0.104. The minimum atomic E-state index is -3.23. The van der Waals surface area contributed by atoms with E-state index >= 15 is 0 Å². The van der Waals surface area contributed by atoms with Gasteiger partial charge in [0.25, 0.3) is 0 Å². The van der Waals surface area contributed by atoms with Crippen LogP contribution in [-0.4, -0.2) is 27.3 Å². The molecule has 0 unspecified atom stereocenters. The molecule has 0 aromatic rings. The van der Waals surface area contributed by atoms with Gasteiger partial charge in [-0.15, -0.1) is 0 Å². The number of rotatable bonds is 6. The maximum Gasteiger partial charge on any atom is 0.211 e. The molecule has 0 spiro atoms. The number of azide groups is 1. The van der Waals surface area contributed by atoms with Crippen LogP contribution >= 0.6 is 0 Å². The second-order valence-corrected chi connectivity index (χ2v) is 6.40. The molecule has 88 valence electrons. The molecular formula is C8H18N4O2S. The number of hydrogen-bond donors (Lipinski definition) is 1. The molecule has 0 radical (unpaired) electrons. The highest BCUT2D eigenvalue weighted by Crippen LogP contribution is 2.18. The molecule has 7 heteroatoms. The van der Waals surface area contributed by atoms with Crippen molar-refractivity contribution in [2.45, 2.75) is 27.2 Å². The first kappa shape index (κ1) is 14.2. The van der Waals surface area contributed by atoms with Gasteiger partial charge in [0.05, 0.1) is 5.75 Å². The van der Waals surface area contributed by atoms with Crippen LogP contribution in [-0.2, 0) is 10.0 Å². The maximum absolute atomic E-state index is 11.4. The molecule has 0 aromatic heterocycles. The van der Waals surface area contributed by atoms with Gasteiger partial charge in [0, 0.05) is 18.0 Å². The third-order valence-corrected chi connectivity index (χ3v) is 3.10. The van der Waals surface area contributed by atoms with Gasteiger partial charge < -0.3 is 0 Å². The van der Waals surface area contributed by atoms with E-state index in [0.717, 1.165) is 0 Å². The van der Waals surface area contributed by atoms with Crippen LogP contribution in [0.3, 0.4) is 0 Å². The number of nitrogens with zero attached hydrogens (tertiary/aromatic N) is 3. The molecule has 0 amide bonds. The van der Waals surface area contributed by atoms with E-state index in [2.05, 4.69) is 14.7 Å².